The lowest BCUT2D eigenvalue weighted by molar-refractivity contribution is -0.136. The van der Waals surface area contributed by atoms with E-state index in [0.29, 0.717) is 63.8 Å². The molecule has 4 heterocycles. The number of nitrogens with zero attached hydrogens (tertiary/aromatic N) is 4. The monoisotopic (exact) mass is 799 g/mol. The van der Waals surface area contributed by atoms with E-state index in [1.807, 2.05) is 54.6 Å². The first-order valence-corrected chi connectivity index (χ1v) is 21.8. The fraction of sp³-hybridized carbons (Fsp3) is 0.375. The van der Waals surface area contributed by atoms with Crippen LogP contribution in [0.5, 0.6) is 5.75 Å². The molecule has 5 N–H and O–H groups in total. The number of carbonyl (C=O) groups is 3. The second-order valence-corrected chi connectivity index (χ2v) is 18.3. The predicted octanol–water partition coefficient (Wildman–Crippen LogP) is 5.70. The summed E-state index contributed by atoms with van der Waals surface area (Å²) in [6, 6.07) is 19.0. The van der Waals surface area contributed by atoms with Crippen molar-refractivity contribution in [3.05, 3.63) is 83.0 Å². The summed E-state index contributed by atoms with van der Waals surface area (Å²) in [4.78, 5) is 49.8. The van der Waals surface area contributed by atoms with Gasteiger partial charge in [-0.15, -0.1) is 0 Å². The Balaban J connectivity index is 0.862. The zero-order valence-electron chi connectivity index (χ0n) is 31.7. The van der Waals surface area contributed by atoms with Crippen LogP contribution in [0.15, 0.2) is 66.9 Å². The number of hydrogen-bond donors (Lipinski definition) is 5. The zero-order valence-corrected chi connectivity index (χ0v) is 33.4. The highest BCUT2D eigenvalue weighted by molar-refractivity contribution is 7.70. The summed E-state index contributed by atoms with van der Waals surface area (Å²) in [5.74, 6) is 0.537. The normalized spacial score (nSPS) is 17.4. The maximum absolute atomic E-state index is 13.0. The third-order valence-corrected chi connectivity index (χ3v) is 12.2. The van der Waals surface area contributed by atoms with Gasteiger partial charge >= 0.3 is 0 Å². The Bertz CT molecular complexity index is 2170. The van der Waals surface area contributed by atoms with Gasteiger partial charge in [0.05, 0.1) is 24.7 Å². The van der Waals surface area contributed by atoms with E-state index in [0.717, 1.165) is 62.4 Å². The molecule has 7 rings (SSSR count). The van der Waals surface area contributed by atoms with Gasteiger partial charge in [0.2, 0.25) is 17.8 Å². The molecule has 3 amide bonds. The van der Waals surface area contributed by atoms with Crippen molar-refractivity contribution in [3.8, 4) is 5.75 Å². The quantitative estimate of drug-likeness (QED) is 0.0601. The molecular weight excluding hydrogens is 753 g/mol. The Morgan fingerprint density at radius 3 is 2.54 bits per heavy atom. The molecule has 0 radical (unpaired) electrons. The molecule has 56 heavy (non-hydrogen) atoms. The number of ether oxygens (including phenoxy) is 1. The predicted molar refractivity (Wildman–Crippen MR) is 221 cm³/mol. The number of benzene rings is 3. The van der Waals surface area contributed by atoms with Gasteiger partial charge in [0.25, 0.3) is 5.91 Å². The SMILES string of the molecule is COc1cc(N2CCC(NCCCNc3ccc4c(c3)CN(C3CCC(=O)NC3=O)C4=O)CC2)ccc1Nc1ncc(Cl)c(Nc2ccccc2P(C)(C)=O)n1. The molecule has 294 valence electrons. The molecule has 14 nitrogen and oxygen atoms in total. The minimum absolute atomic E-state index is 0.164. The zero-order chi connectivity index (χ0) is 39.4. The number of amides is 3. The molecule has 1 aromatic heterocycles. The van der Waals surface area contributed by atoms with Crippen molar-refractivity contribution in [2.24, 2.45) is 0 Å². The minimum atomic E-state index is -2.55. The van der Waals surface area contributed by atoms with Gasteiger partial charge in [0.15, 0.2) is 5.82 Å². The molecular formula is C40H47ClN9O5P. The summed E-state index contributed by atoms with van der Waals surface area (Å²) < 4.78 is 18.6. The molecule has 0 bridgehead atoms. The molecule has 0 aliphatic carbocycles. The van der Waals surface area contributed by atoms with Crippen molar-refractivity contribution >= 4 is 76.3 Å². The fourth-order valence-electron chi connectivity index (χ4n) is 7.45. The summed E-state index contributed by atoms with van der Waals surface area (Å²) in [5, 5.41) is 17.1. The van der Waals surface area contributed by atoms with Gasteiger partial charge in [-0.05, 0) is 93.6 Å². The number of nitrogens with one attached hydrogen (secondary N) is 5. The van der Waals surface area contributed by atoms with E-state index in [2.05, 4.69) is 47.5 Å². The largest absolute Gasteiger partial charge is 0.494 e. The molecule has 1 atom stereocenters. The van der Waals surface area contributed by atoms with Crippen LogP contribution < -0.4 is 41.5 Å². The number of para-hydroxylation sites is 1. The average Bonchev–Trinajstić information content (AvgIpc) is 3.51. The lowest BCUT2D eigenvalue weighted by Crippen LogP contribution is -2.52. The summed E-state index contributed by atoms with van der Waals surface area (Å²) in [6.07, 6.45) is 5.08. The third kappa shape index (κ3) is 8.93. The molecule has 3 aliphatic heterocycles. The summed E-state index contributed by atoms with van der Waals surface area (Å²) in [6.45, 7) is 7.31. The van der Waals surface area contributed by atoms with Crippen LogP contribution >= 0.6 is 18.7 Å². The van der Waals surface area contributed by atoms with Gasteiger partial charge in [-0.25, -0.2) is 4.98 Å². The van der Waals surface area contributed by atoms with E-state index in [4.69, 9.17) is 16.3 Å². The Morgan fingerprint density at radius 2 is 1.77 bits per heavy atom. The number of piperidine rings is 2. The standard InChI is InChI=1S/C40H47ClN9O5P/c1-55-34-22-28(10-12-31(34)46-40-44-23-30(41)37(48-40)45-32-7-4-5-8-35(32)56(2,3)54)49-19-15-26(16-20-49)42-17-6-18-43-27-9-11-29-25(21-27)24-50(39(29)53)33-13-14-36(51)47-38(33)52/h4-5,7-12,21-23,26,33,42-43H,6,13-20,24H2,1-3H3,(H,47,51,52)(H2,44,45,46,48). The number of methoxy groups -OCH3 is 1. The highest BCUT2D eigenvalue weighted by atomic mass is 35.5. The van der Waals surface area contributed by atoms with Gasteiger partial charge < -0.3 is 40.4 Å². The maximum atomic E-state index is 13.0. The molecule has 2 saturated heterocycles. The smallest absolute Gasteiger partial charge is 0.255 e. The summed E-state index contributed by atoms with van der Waals surface area (Å²) in [5.41, 5.74) is 4.91. The molecule has 4 aromatic rings. The number of carbonyl (C=O) groups excluding carboxylic acids is 3. The van der Waals surface area contributed by atoms with Crippen molar-refractivity contribution in [1.29, 1.82) is 0 Å². The van der Waals surface area contributed by atoms with Crippen molar-refractivity contribution in [3.63, 3.8) is 0 Å². The van der Waals surface area contributed by atoms with E-state index in [-0.39, 0.29) is 18.2 Å². The van der Waals surface area contributed by atoms with E-state index >= 15 is 0 Å². The lowest BCUT2D eigenvalue weighted by Gasteiger charge is -2.34. The van der Waals surface area contributed by atoms with Crippen molar-refractivity contribution in [2.75, 3.05) is 67.5 Å². The van der Waals surface area contributed by atoms with Gasteiger partial charge in [-0.3, -0.25) is 19.7 Å². The van der Waals surface area contributed by atoms with Crippen molar-refractivity contribution in [2.45, 2.75) is 50.7 Å². The average molecular weight is 800 g/mol. The number of halogens is 1. The maximum Gasteiger partial charge on any atom is 0.255 e. The van der Waals surface area contributed by atoms with Crippen LogP contribution in [0.1, 0.15) is 48.0 Å². The minimum Gasteiger partial charge on any atom is -0.494 e. The summed E-state index contributed by atoms with van der Waals surface area (Å²) in [7, 11) is -0.908. The van der Waals surface area contributed by atoms with Crippen LogP contribution in [-0.4, -0.2) is 91.3 Å². The highest BCUT2D eigenvalue weighted by Crippen LogP contribution is 2.39. The second-order valence-electron chi connectivity index (χ2n) is 14.7. The van der Waals surface area contributed by atoms with Gasteiger partial charge in [-0.2, -0.15) is 4.98 Å². The van der Waals surface area contributed by atoms with Crippen LogP contribution in [0.4, 0.5) is 34.5 Å². The van der Waals surface area contributed by atoms with Gasteiger partial charge in [-0.1, -0.05) is 23.7 Å². The number of aromatic nitrogens is 2. The Morgan fingerprint density at radius 1 is 0.964 bits per heavy atom. The first-order chi connectivity index (χ1) is 27.0. The van der Waals surface area contributed by atoms with E-state index < -0.39 is 19.1 Å². The molecule has 0 saturated carbocycles. The highest BCUT2D eigenvalue weighted by Gasteiger charge is 2.39. The van der Waals surface area contributed by atoms with Crippen LogP contribution in [-0.2, 0) is 20.7 Å². The van der Waals surface area contributed by atoms with Crippen LogP contribution in [0.2, 0.25) is 5.02 Å². The third-order valence-electron chi connectivity index (χ3n) is 10.4. The lowest BCUT2D eigenvalue weighted by atomic mass is 10.0. The van der Waals surface area contributed by atoms with Crippen molar-refractivity contribution < 1.29 is 23.7 Å². The Labute approximate surface area is 331 Å². The molecule has 2 fully saturated rings. The molecule has 3 aliphatic rings. The number of fused-ring (bicyclic) bond motifs is 1. The Hall–Kier alpha value is -5.17. The van der Waals surface area contributed by atoms with Gasteiger partial charge in [0.1, 0.15) is 24.0 Å². The molecule has 1 unspecified atom stereocenters. The first kappa shape index (κ1) is 39.1. The number of rotatable bonds is 14. The number of imide groups is 1. The topological polar surface area (TPSA) is 170 Å². The van der Waals surface area contributed by atoms with E-state index in [9.17, 15) is 18.9 Å². The number of anilines is 6. The van der Waals surface area contributed by atoms with Crippen LogP contribution in [0, 0.1) is 0 Å². The van der Waals surface area contributed by atoms with E-state index in [1.165, 1.54) is 6.20 Å². The van der Waals surface area contributed by atoms with Crippen LogP contribution in [0.25, 0.3) is 0 Å². The summed E-state index contributed by atoms with van der Waals surface area (Å²) >= 11 is 6.46. The van der Waals surface area contributed by atoms with E-state index in [1.54, 1.807) is 25.3 Å². The Kier molecular flexibility index (Phi) is 11.8. The number of hydrogen-bond acceptors (Lipinski definition) is 12. The van der Waals surface area contributed by atoms with Crippen molar-refractivity contribution in [1.82, 2.24) is 25.5 Å². The first-order valence-electron chi connectivity index (χ1n) is 18.9. The molecule has 16 heteroatoms. The molecule has 3 aromatic carbocycles. The van der Waals surface area contributed by atoms with Crippen LogP contribution in [0.3, 0.4) is 0 Å². The fourth-order valence-corrected chi connectivity index (χ4v) is 8.74. The second kappa shape index (κ2) is 16.9. The van der Waals surface area contributed by atoms with Gasteiger partial charge in [0, 0.05) is 67.0 Å². The molecule has 0 spiro atoms.